The van der Waals surface area contributed by atoms with Crippen molar-refractivity contribution in [3.63, 3.8) is 0 Å². The van der Waals surface area contributed by atoms with Crippen LogP contribution in [0.1, 0.15) is 35.8 Å². The maximum Gasteiger partial charge on any atom is 0.367 e. The predicted octanol–water partition coefficient (Wildman–Crippen LogP) is 4.75. The van der Waals surface area contributed by atoms with Crippen LogP contribution in [0, 0.1) is 10.7 Å². The van der Waals surface area contributed by atoms with Crippen molar-refractivity contribution in [2.75, 3.05) is 6.61 Å². The van der Waals surface area contributed by atoms with Crippen LogP contribution >= 0.6 is 67.8 Å². The number of halogens is 5. The van der Waals surface area contributed by atoms with Gasteiger partial charge < -0.3 is 14.0 Å². The summed E-state index contributed by atoms with van der Waals surface area (Å²) in [5.41, 5.74) is 0.894. The molecule has 0 spiro atoms. The van der Waals surface area contributed by atoms with Crippen LogP contribution in [0.2, 0.25) is 0 Å². The Morgan fingerprint density at radius 3 is 1.97 bits per heavy atom. The summed E-state index contributed by atoms with van der Waals surface area (Å²) in [4.78, 5) is 25.5. The molecule has 33 heavy (non-hydrogen) atoms. The second kappa shape index (κ2) is 10.5. The van der Waals surface area contributed by atoms with E-state index in [4.69, 9.17) is 4.74 Å². The summed E-state index contributed by atoms with van der Waals surface area (Å²) < 4.78 is 71.3. The highest BCUT2D eigenvalue weighted by atomic mass is 127. The van der Waals surface area contributed by atoms with Crippen LogP contribution in [0.3, 0.4) is 0 Å². The van der Waals surface area contributed by atoms with E-state index in [1.807, 2.05) is 12.1 Å². The van der Waals surface area contributed by atoms with E-state index in [0.29, 0.717) is 16.9 Å². The molecule has 0 N–H and O–H groups in total. The maximum atomic E-state index is 13.4. The highest BCUT2D eigenvalue weighted by Gasteiger charge is 2.42. The van der Waals surface area contributed by atoms with Gasteiger partial charge in [-0.1, -0.05) is 24.3 Å². The third kappa shape index (κ3) is 6.13. The van der Waals surface area contributed by atoms with Crippen molar-refractivity contribution >= 4 is 89.8 Å². The molecule has 0 bridgehead atoms. The van der Waals surface area contributed by atoms with Gasteiger partial charge in [-0.3, -0.25) is 9.59 Å². The molecule has 7 nitrogen and oxygen atoms in total. The topological polar surface area (TPSA) is 110 Å². The zero-order valence-electron chi connectivity index (χ0n) is 16.4. The molecule has 0 saturated heterocycles. The summed E-state index contributed by atoms with van der Waals surface area (Å²) in [6.07, 6.45) is 0.273. The molecule has 0 heterocycles. The average molecular weight is 817 g/mol. The lowest BCUT2D eigenvalue weighted by atomic mass is 9.76. The minimum Gasteiger partial charge on any atom is -0.743 e. The summed E-state index contributed by atoms with van der Waals surface area (Å²) in [7, 11) is -5.97. The number of alkyl halides is 2. The standard InChI is InChI=1S/C20H15F2I3O7S/c21-20(22,33(28,29)30)9-31-18(26)13-5-6-14(12-4-2-1-3-11(12)13)19(27)32-17-15(24)7-10(23)8-16(17)25/h1-4,7-8,13-14H,5-6,9H2,(H,28,29,30)/p-1. The Morgan fingerprint density at radius 1 is 1.00 bits per heavy atom. The molecular weight excluding hydrogens is 803 g/mol. The lowest BCUT2D eigenvalue weighted by molar-refractivity contribution is -0.152. The first-order valence-corrected chi connectivity index (χ1v) is 13.9. The van der Waals surface area contributed by atoms with Gasteiger partial charge in [0, 0.05) is 3.57 Å². The van der Waals surface area contributed by atoms with Gasteiger partial charge in [-0.25, -0.2) is 8.42 Å². The molecule has 2 unspecified atom stereocenters. The van der Waals surface area contributed by atoms with E-state index in [1.54, 1.807) is 24.3 Å². The van der Waals surface area contributed by atoms with Gasteiger partial charge >= 0.3 is 17.2 Å². The molecule has 178 valence electrons. The Labute approximate surface area is 229 Å². The molecule has 3 rings (SSSR count). The van der Waals surface area contributed by atoms with E-state index in [-0.39, 0.29) is 12.8 Å². The van der Waals surface area contributed by atoms with Gasteiger partial charge in [0.05, 0.1) is 19.0 Å². The first-order valence-electron chi connectivity index (χ1n) is 9.27. The largest absolute Gasteiger partial charge is 0.743 e. The molecule has 0 fully saturated rings. The lowest BCUT2D eigenvalue weighted by Gasteiger charge is -2.30. The van der Waals surface area contributed by atoms with Gasteiger partial charge in [0.15, 0.2) is 22.5 Å². The van der Waals surface area contributed by atoms with Crippen molar-refractivity contribution in [1.82, 2.24) is 0 Å². The third-order valence-electron chi connectivity index (χ3n) is 4.97. The highest BCUT2D eigenvalue weighted by molar-refractivity contribution is 14.1. The predicted molar refractivity (Wildman–Crippen MR) is 137 cm³/mol. The molecule has 2 aromatic rings. The van der Waals surface area contributed by atoms with E-state index in [1.165, 1.54) is 0 Å². The molecule has 2 atom stereocenters. The summed E-state index contributed by atoms with van der Waals surface area (Å²) in [6.45, 7) is -1.87. The number of ether oxygens (including phenoxy) is 2. The summed E-state index contributed by atoms with van der Waals surface area (Å²) in [6, 6.07) is 10.2. The molecule has 0 saturated carbocycles. The number of benzene rings is 2. The summed E-state index contributed by atoms with van der Waals surface area (Å²) in [5.74, 6) is -2.87. The summed E-state index contributed by atoms with van der Waals surface area (Å²) >= 11 is 6.31. The smallest absolute Gasteiger partial charge is 0.367 e. The Kier molecular flexibility index (Phi) is 8.60. The zero-order valence-corrected chi connectivity index (χ0v) is 23.7. The molecule has 0 aliphatic heterocycles. The zero-order chi connectivity index (χ0) is 24.6. The molecule has 0 aromatic heterocycles. The van der Waals surface area contributed by atoms with Crippen LogP contribution < -0.4 is 4.74 Å². The number of carbonyl (C=O) groups is 2. The number of hydrogen-bond acceptors (Lipinski definition) is 7. The van der Waals surface area contributed by atoms with E-state index in [9.17, 15) is 31.3 Å². The van der Waals surface area contributed by atoms with Crippen molar-refractivity contribution in [2.45, 2.75) is 29.9 Å². The molecule has 1 aliphatic carbocycles. The van der Waals surface area contributed by atoms with Crippen molar-refractivity contribution in [3.05, 3.63) is 58.2 Å². The Balaban J connectivity index is 1.81. The van der Waals surface area contributed by atoms with Gasteiger partial charge in [-0.2, -0.15) is 8.78 Å². The Morgan fingerprint density at radius 2 is 1.48 bits per heavy atom. The van der Waals surface area contributed by atoms with Crippen LogP contribution in [0.4, 0.5) is 8.78 Å². The van der Waals surface area contributed by atoms with Crippen LogP contribution in [0.15, 0.2) is 36.4 Å². The quantitative estimate of drug-likeness (QED) is 0.179. The van der Waals surface area contributed by atoms with Crippen LogP contribution in [0.25, 0.3) is 0 Å². The lowest BCUT2D eigenvalue weighted by Crippen LogP contribution is -2.36. The normalized spacial score (nSPS) is 18.4. The third-order valence-corrected chi connectivity index (χ3v) is 8.05. The molecule has 0 amide bonds. The molecular formula is C20H14F2I3O7S-. The fourth-order valence-electron chi connectivity index (χ4n) is 3.41. The van der Waals surface area contributed by atoms with E-state index < -0.39 is 45.8 Å². The van der Waals surface area contributed by atoms with E-state index in [2.05, 4.69) is 72.5 Å². The minimum absolute atomic E-state index is 0.0895. The second-order valence-corrected chi connectivity index (χ2v) is 12.2. The second-order valence-electron chi connectivity index (χ2n) is 7.13. The van der Waals surface area contributed by atoms with Crippen molar-refractivity contribution in [1.29, 1.82) is 0 Å². The van der Waals surface area contributed by atoms with Crippen molar-refractivity contribution in [3.8, 4) is 5.75 Å². The number of carbonyl (C=O) groups excluding carboxylic acids is 2. The number of rotatable bonds is 6. The molecule has 13 heteroatoms. The van der Waals surface area contributed by atoms with Gasteiger partial charge in [0.1, 0.15) is 0 Å². The number of esters is 2. The highest BCUT2D eigenvalue weighted by Crippen LogP contribution is 2.41. The average Bonchev–Trinajstić information content (AvgIpc) is 2.72. The molecule has 1 aliphatic rings. The Bertz CT molecular complexity index is 1180. The fraction of sp³-hybridized carbons (Fsp3) is 0.300. The maximum absolute atomic E-state index is 13.4. The first-order chi connectivity index (χ1) is 15.3. The number of hydrogen-bond donors (Lipinski definition) is 0. The molecule has 0 radical (unpaired) electrons. The first kappa shape index (κ1) is 26.9. The summed E-state index contributed by atoms with van der Waals surface area (Å²) in [5, 5.41) is -4.73. The van der Waals surface area contributed by atoms with E-state index in [0.717, 1.165) is 10.7 Å². The van der Waals surface area contributed by atoms with Crippen molar-refractivity contribution in [2.24, 2.45) is 0 Å². The van der Waals surface area contributed by atoms with Crippen LogP contribution in [0.5, 0.6) is 5.75 Å². The number of fused-ring (bicyclic) bond motifs is 1. The van der Waals surface area contributed by atoms with Gasteiger partial charge in [0.25, 0.3) is 0 Å². The fourth-order valence-corrected chi connectivity index (χ4v) is 7.41. The van der Waals surface area contributed by atoms with Crippen molar-refractivity contribution < 1.29 is 40.8 Å². The van der Waals surface area contributed by atoms with Gasteiger partial charge in [-0.05, 0) is 104 Å². The van der Waals surface area contributed by atoms with E-state index >= 15 is 0 Å². The minimum atomic E-state index is -5.97. The van der Waals surface area contributed by atoms with Crippen LogP contribution in [-0.4, -0.2) is 36.8 Å². The van der Waals surface area contributed by atoms with Gasteiger partial charge in [-0.15, -0.1) is 0 Å². The van der Waals surface area contributed by atoms with Gasteiger partial charge in [0.2, 0.25) is 0 Å². The Hall–Kier alpha value is -0.660. The SMILES string of the molecule is O=C(OCC(F)(F)S(=O)(=O)[O-])C1CCC(C(=O)Oc2c(I)cc(I)cc2I)c2ccccc21. The monoisotopic (exact) mass is 817 g/mol. The van der Waals surface area contributed by atoms with Crippen LogP contribution in [-0.2, 0) is 24.4 Å². The molecule has 2 aromatic carbocycles.